The van der Waals surface area contributed by atoms with E-state index in [0.29, 0.717) is 13.2 Å². The average molecular weight is 440 g/mol. The lowest BCUT2D eigenvalue weighted by molar-refractivity contribution is 0.358. The van der Waals surface area contributed by atoms with E-state index < -0.39 is 19.4 Å². The Bertz CT molecular complexity index is 910. The predicted molar refractivity (Wildman–Crippen MR) is 126 cm³/mol. The highest BCUT2D eigenvalue weighted by atomic mass is 32.2. The van der Waals surface area contributed by atoms with E-state index in [2.05, 4.69) is 62.6 Å². The number of nitrogens with one attached hydrogen (secondary N) is 1. The molecule has 0 aliphatic carbocycles. The molecule has 3 aromatic rings. The minimum atomic E-state index is -1.23. The summed E-state index contributed by atoms with van der Waals surface area (Å²) in [5, 5.41) is 0. The third kappa shape index (κ3) is 5.08. The van der Waals surface area contributed by atoms with Gasteiger partial charge in [-0.15, -0.1) is 0 Å². The minimum absolute atomic E-state index is 0.482. The van der Waals surface area contributed by atoms with Crippen molar-refractivity contribution in [3.8, 4) is 0 Å². The van der Waals surface area contributed by atoms with Crippen LogP contribution in [0.2, 0.25) is 0 Å². The summed E-state index contributed by atoms with van der Waals surface area (Å²) in [7, 11) is -2.22. The Morgan fingerprint density at radius 2 is 1.40 bits per heavy atom. The summed E-state index contributed by atoms with van der Waals surface area (Å²) in [4.78, 5) is 0.781. The number of aryl methyl sites for hydroxylation is 1. The van der Waals surface area contributed by atoms with Crippen LogP contribution in [0.4, 0.5) is 11.4 Å². The number of hydrogen-bond acceptors (Lipinski definition) is 4. The first-order valence-electron chi connectivity index (χ1n) is 10.0. The van der Waals surface area contributed by atoms with Gasteiger partial charge >= 0.3 is 0 Å². The molecule has 4 rings (SSSR count). The second kappa shape index (κ2) is 10.2. The van der Waals surface area contributed by atoms with Crippen molar-refractivity contribution in [3.63, 3.8) is 0 Å². The molecule has 0 saturated carbocycles. The van der Waals surface area contributed by atoms with Crippen LogP contribution in [-0.2, 0) is 15.5 Å². The lowest BCUT2D eigenvalue weighted by Gasteiger charge is -2.30. The van der Waals surface area contributed by atoms with Crippen LogP contribution in [0.5, 0.6) is 0 Å². The van der Waals surface area contributed by atoms with E-state index in [1.165, 1.54) is 11.4 Å². The molecule has 0 bridgehead atoms. The normalized spacial score (nSPS) is 15.5. The first-order chi connectivity index (χ1) is 14.7. The molecule has 0 aromatic heterocycles. The Hall–Kier alpha value is -2.24. The molecule has 0 spiro atoms. The Kier molecular flexibility index (Phi) is 7.13. The summed E-state index contributed by atoms with van der Waals surface area (Å²) < 4.78 is 26.6. The van der Waals surface area contributed by atoms with E-state index in [1.807, 2.05) is 43.3 Å². The molecule has 5 nitrogen and oxygen atoms in total. The van der Waals surface area contributed by atoms with Gasteiger partial charge < -0.3 is 13.9 Å². The van der Waals surface area contributed by atoms with E-state index in [4.69, 9.17) is 4.52 Å². The van der Waals surface area contributed by atoms with Gasteiger partial charge in [0.25, 0.3) is 0 Å². The van der Waals surface area contributed by atoms with E-state index in [-0.39, 0.29) is 0 Å². The second-order valence-electron chi connectivity index (χ2n) is 6.98. The van der Waals surface area contributed by atoms with E-state index >= 15 is 0 Å². The van der Waals surface area contributed by atoms with Crippen molar-refractivity contribution >= 4 is 30.8 Å². The van der Waals surface area contributed by atoms with Crippen LogP contribution in [0.25, 0.3) is 0 Å². The molecule has 3 aromatic carbocycles. The minimum Gasteiger partial charge on any atom is -0.321 e. The fourth-order valence-electron chi connectivity index (χ4n) is 3.29. The Morgan fingerprint density at radius 3 is 1.93 bits per heavy atom. The number of para-hydroxylation sites is 2. The number of anilines is 2. The van der Waals surface area contributed by atoms with Crippen LogP contribution in [0, 0.1) is 6.92 Å². The van der Waals surface area contributed by atoms with Crippen molar-refractivity contribution in [2.75, 3.05) is 35.6 Å². The first kappa shape index (κ1) is 21.0. The van der Waals surface area contributed by atoms with E-state index in [0.717, 1.165) is 23.5 Å². The predicted octanol–water partition coefficient (Wildman–Crippen LogP) is 4.88. The number of nitrogens with zero attached hydrogens (tertiary/aromatic N) is 2. The molecule has 156 valence electrons. The quantitative estimate of drug-likeness (QED) is 0.402. The average Bonchev–Trinajstić information content (AvgIpc) is 3.22. The van der Waals surface area contributed by atoms with Gasteiger partial charge in [-0.3, -0.25) is 0 Å². The van der Waals surface area contributed by atoms with Crippen molar-refractivity contribution in [3.05, 3.63) is 90.5 Å². The van der Waals surface area contributed by atoms with Gasteiger partial charge in [-0.1, -0.05) is 54.1 Å². The highest BCUT2D eigenvalue weighted by Gasteiger charge is 2.34. The summed E-state index contributed by atoms with van der Waals surface area (Å²) in [5.74, 6) is 0. The number of benzene rings is 3. The lowest BCUT2D eigenvalue weighted by atomic mass is 10.2. The smallest absolute Gasteiger partial charge is 0.248 e. The van der Waals surface area contributed by atoms with Gasteiger partial charge in [-0.25, -0.2) is 8.93 Å². The molecule has 7 heteroatoms. The molecular formula is C23H26N3O2PS. The third-order valence-electron chi connectivity index (χ3n) is 4.82. The van der Waals surface area contributed by atoms with Crippen molar-refractivity contribution in [2.24, 2.45) is 0 Å². The van der Waals surface area contributed by atoms with Crippen molar-refractivity contribution in [1.82, 2.24) is 4.72 Å². The standard InChI is InChI=1S/C23H26N3O2PS/c1-20-12-14-23(15-13-20)30(27)24-16-19-28-29-25(21-8-4-2-5-9-21)17-18-26(29)22-10-6-3-7-11-22/h2-15,24H,16-19H2,1H3. The summed E-state index contributed by atoms with van der Waals surface area (Å²) >= 11 is 0. The second-order valence-corrected chi connectivity index (χ2v) is 10.0. The van der Waals surface area contributed by atoms with E-state index in [1.54, 1.807) is 0 Å². The maximum absolute atomic E-state index is 12.5. The molecule has 1 atom stereocenters. The molecule has 1 aliphatic heterocycles. The van der Waals surface area contributed by atoms with Gasteiger partial charge in [0.05, 0.1) is 11.5 Å². The Balaban J connectivity index is 1.40. The summed E-state index contributed by atoms with van der Waals surface area (Å²) in [6.07, 6.45) is 0. The van der Waals surface area contributed by atoms with Crippen LogP contribution >= 0.6 is 8.45 Å². The summed E-state index contributed by atoms with van der Waals surface area (Å²) in [6, 6.07) is 28.5. The molecule has 1 unspecified atom stereocenters. The van der Waals surface area contributed by atoms with Gasteiger partial charge in [0.15, 0.2) is 0 Å². The maximum Gasteiger partial charge on any atom is 0.248 e. The van der Waals surface area contributed by atoms with Crippen LogP contribution in [-0.4, -0.2) is 30.5 Å². The molecular weight excluding hydrogens is 413 g/mol. The van der Waals surface area contributed by atoms with Crippen LogP contribution < -0.4 is 14.1 Å². The van der Waals surface area contributed by atoms with E-state index in [9.17, 15) is 4.21 Å². The van der Waals surface area contributed by atoms with Gasteiger partial charge in [0, 0.05) is 31.0 Å². The van der Waals surface area contributed by atoms with Crippen LogP contribution in [0.1, 0.15) is 5.56 Å². The molecule has 1 fully saturated rings. The van der Waals surface area contributed by atoms with Crippen LogP contribution in [0.3, 0.4) is 0 Å². The molecule has 1 saturated heterocycles. The molecule has 0 radical (unpaired) electrons. The van der Waals surface area contributed by atoms with Crippen molar-refractivity contribution < 1.29 is 8.73 Å². The molecule has 0 amide bonds. The zero-order valence-electron chi connectivity index (χ0n) is 17.0. The maximum atomic E-state index is 12.5. The Morgan fingerprint density at radius 1 is 0.867 bits per heavy atom. The lowest BCUT2D eigenvalue weighted by Crippen LogP contribution is -2.24. The zero-order valence-corrected chi connectivity index (χ0v) is 18.7. The molecule has 1 N–H and O–H groups in total. The SMILES string of the molecule is Cc1ccc(S(=O)NCCOP2N(c3ccccc3)CCN2c2ccccc2)cc1. The Labute approximate surface area is 182 Å². The van der Waals surface area contributed by atoms with Crippen molar-refractivity contribution in [1.29, 1.82) is 0 Å². The molecule has 1 heterocycles. The van der Waals surface area contributed by atoms with Crippen molar-refractivity contribution in [2.45, 2.75) is 11.8 Å². The summed E-state index contributed by atoms with van der Waals surface area (Å²) in [5.41, 5.74) is 3.49. The first-order valence-corrected chi connectivity index (χ1v) is 12.3. The fourth-order valence-corrected chi connectivity index (χ4v) is 6.09. The van der Waals surface area contributed by atoms with Gasteiger partial charge in [-0.2, -0.15) is 0 Å². The topological polar surface area (TPSA) is 44.8 Å². The third-order valence-corrected chi connectivity index (χ3v) is 8.09. The highest BCUT2D eigenvalue weighted by Crippen LogP contribution is 2.53. The number of hydrogen-bond donors (Lipinski definition) is 1. The number of rotatable bonds is 8. The van der Waals surface area contributed by atoms with Crippen LogP contribution in [0.15, 0.2) is 89.8 Å². The molecule has 30 heavy (non-hydrogen) atoms. The van der Waals surface area contributed by atoms with Gasteiger partial charge in [0.1, 0.15) is 11.0 Å². The van der Waals surface area contributed by atoms with Gasteiger partial charge in [0.2, 0.25) is 8.45 Å². The van der Waals surface area contributed by atoms with Gasteiger partial charge in [-0.05, 0) is 43.3 Å². The zero-order chi connectivity index (χ0) is 20.8. The molecule has 1 aliphatic rings. The monoisotopic (exact) mass is 439 g/mol. The highest BCUT2D eigenvalue weighted by molar-refractivity contribution is 7.83. The fraction of sp³-hybridized carbons (Fsp3) is 0.217. The largest absolute Gasteiger partial charge is 0.321 e. The summed E-state index contributed by atoms with van der Waals surface area (Å²) in [6.45, 7) is 4.84.